The van der Waals surface area contributed by atoms with Crippen molar-refractivity contribution in [3.63, 3.8) is 0 Å². The van der Waals surface area contributed by atoms with Crippen LogP contribution in [0.5, 0.6) is 0 Å². The normalized spacial score (nSPS) is 10.6. The molecular formula is C21H14ClFN4O2S. The lowest BCUT2D eigenvalue weighted by Gasteiger charge is -2.13. The first kappa shape index (κ1) is 19.8. The second-order valence-electron chi connectivity index (χ2n) is 6.21. The van der Waals surface area contributed by atoms with Gasteiger partial charge in [0, 0.05) is 11.1 Å². The molecule has 150 valence electrons. The quantitative estimate of drug-likeness (QED) is 0.310. The Morgan fingerprint density at radius 1 is 1.07 bits per heavy atom. The molecule has 2 aromatic carbocycles. The van der Waals surface area contributed by atoms with Crippen LogP contribution in [0.3, 0.4) is 0 Å². The van der Waals surface area contributed by atoms with Gasteiger partial charge in [-0.1, -0.05) is 29.8 Å². The first-order chi connectivity index (χ1) is 14.5. The van der Waals surface area contributed by atoms with E-state index in [0.717, 1.165) is 0 Å². The topological polar surface area (TPSA) is 79.2 Å². The molecule has 4 rings (SSSR count). The molecule has 2 heterocycles. The van der Waals surface area contributed by atoms with E-state index in [1.807, 2.05) is 18.2 Å². The lowest BCUT2D eigenvalue weighted by Crippen LogP contribution is -2.43. The number of benzene rings is 2. The summed E-state index contributed by atoms with van der Waals surface area (Å²) in [5.74, 6) is -0.401. The van der Waals surface area contributed by atoms with Crippen molar-refractivity contribution in [2.75, 3.05) is 5.32 Å². The minimum atomic E-state index is -0.536. The van der Waals surface area contributed by atoms with Crippen molar-refractivity contribution in [2.24, 2.45) is 0 Å². The second kappa shape index (κ2) is 8.48. The monoisotopic (exact) mass is 440 g/mol. The van der Waals surface area contributed by atoms with Gasteiger partial charge in [-0.25, -0.2) is 9.37 Å². The van der Waals surface area contributed by atoms with Gasteiger partial charge in [0.05, 0.1) is 22.4 Å². The Kier molecular flexibility index (Phi) is 5.60. The van der Waals surface area contributed by atoms with Gasteiger partial charge in [-0.15, -0.1) is 0 Å². The van der Waals surface area contributed by atoms with Crippen LogP contribution in [0.15, 0.2) is 71.3 Å². The number of anilines is 1. The number of furan rings is 1. The summed E-state index contributed by atoms with van der Waals surface area (Å²) in [5, 5.41) is 3.56. The highest BCUT2D eigenvalue weighted by Gasteiger charge is 2.15. The Bertz CT molecular complexity index is 1250. The van der Waals surface area contributed by atoms with Gasteiger partial charge < -0.3 is 9.73 Å². The van der Waals surface area contributed by atoms with Crippen molar-refractivity contribution < 1.29 is 13.6 Å². The number of fused-ring (bicyclic) bond motifs is 1. The summed E-state index contributed by atoms with van der Waals surface area (Å²) in [7, 11) is 0. The van der Waals surface area contributed by atoms with Gasteiger partial charge in [-0.05, 0) is 54.7 Å². The number of hydrogen-bond acceptors (Lipinski definition) is 4. The Morgan fingerprint density at radius 2 is 1.90 bits per heavy atom. The lowest BCUT2D eigenvalue weighted by molar-refractivity contribution is 0.0946. The molecule has 0 radical (unpaired) electrons. The summed E-state index contributed by atoms with van der Waals surface area (Å²) < 4.78 is 18.7. The average Bonchev–Trinajstić information content (AvgIpc) is 3.29. The van der Waals surface area contributed by atoms with Gasteiger partial charge in [0.25, 0.3) is 5.91 Å². The fraction of sp³-hybridized carbons (Fsp3) is 0. The molecule has 30 heavy (non-hydrogen) atoms. The Morgan fingerprint density at radius 3 is 2.67 bits per heavy atom. The maximum absolute atomic E-state index is 13.3. The standard InChI is InChI=1S/C21H14ClFN4O2S/c22-15-10-12(7-8-16(15)23)24-21(30)27-26-20(28)14-11-18(19-6-3-9-29-19)25-17-5-2-1-4-13(14)17/h1-11H,(H,26,28)(H2,24,27,30). The van der Waals surface area contributed by atoms with Crippen molar-refractivity contribution in [1.29, 1.82) is 0 Å². The molecule has 0 saturated heterocycles. The van der Waals surface area contributed by atoms with E-state index in [1.165, 1.54) is 18.2 Å². The molecule has 0 aliphatic heterocycles. The number of rotatable bonds is 3. The molecule has 0 saturated carbocycles. The summed E-state index contributed by atoms with van der Waals surface area (Å²) in [4.78, 5) is 17.4. The second-order valence-corrected chi connectivity index (χ2v) is 7.03. The van der Waals surface area contributed by atoms with Crippen LogP contribution in [0.2, 0.25) is 5.02 Å². The zero-order chi connectivity index (χ0) is 21.1. The van der Waals surface area contributed by atoms with Gasteiger partial charge in [-0.3, -0.25) is 15.6 Å². The van der Waals surface area contributed by atoms with E-state index < -0.39 is 11.7 Å². The molecule has 0 bridgehead atoms. The number of nitrogens with zero attached hydrogens (tertiary/aromatic N) is 1. The molecule has 3 N–H and O–H groups in total. The smallest absolute Gasteiger partial charge is 0.270 e. The largest absolute Gasteiger partial charge is 0.463 e. The first-order valence-corrected chi connectivity index (χ1v) is 9.56. The number of carbonyl (C=O) groups excluding carboxylic acids is 1. The molecule has 0 spiro atoms. The molecule has 0 unspecified atom stereocenters. The van der Waals surface area contributed by atoms with Crippen molar-refractivity contribution in [3.8, 4) is 11.5 Å². The average molecular weight is 441 g/mol. The fourth-order valence-corrected chi connectivity index (χ4v) is 3.18. The van der Waals surface area contributed by atoms with Crippen LogP contribution in [-0.2, 0) is 0 Å². The molecule has 6 nitrogen and oxygen atoms in total. The number of nitrogens with one attached hydrogen (secondary N) is 3. The number of carbonyl (C=O) groups is 1. The zero-order valence-corrected chi connectivity index (χ0v) is 16.9. The van der Waals surface area contributed by atoms with Crippen LogP contribution in [0, 0.1) is 5.82 Å². The van der Waals surface area contributed by atoms with Crippen LogP contribution < -0.4 is 16.2 Å². The van der Waals surface area contributed by atoms with Crippen molar-refractivity contribution in [2.45, 2.75) is 0 Å². The first-order valence-electron chi connectivity index (χ1n) is 8.77. The number of hydrogen-bond donors (Lipinski definition) is 3. The molecule has 0 atom stereocenters. The Labute approximate surface area is 181 Å². The highest BCUT2D eigenvalue weighted by Crippen LogP contribution is 2.25. The van der Waals surface area contributed by atoms with Gasteiger partial charge in [-0.2, -0.15) is 0 Å². The minimum absolute atomic E-state index is 0.0412. The summed E-state index contributed by atoms with van der Waals surface area (Å²) in [6.07, 6.45) is 1.54. The summed E-state index contributed by atoms with van der Waals surface area (Å²) in [5.41, 5.74) is 7.23. The number of halogens is 2. The number of thiocarbonyl (C=S) groups is 1. The van der Waals surface area contributed by atoms with Crippen LogP contribution in [0.25, 0.3) is 22.4 Å². The predicted octanol–water partition coefficient (Wildman–Crippen LogP) is 4.92. The summed E-state index contributed by atoms with van der Waals surface area (Å²) in [6.45, 7) is 0. The lowest BCUT2D eigenvalue weighted by atomic mass is 10.1. The van der Waals surface area contributed by atoms with E-state index in [9.17, 15) is 9.18 Å². The molecule has 4 aromatic rings. The van der Waals surface area contributed by atoms with Crippen LogP contribution in [0.4, 0.5) is 10.1 Å². The van der Waals surface area contributed by atoms with Crippen molar-refractivity contribution >= 4 is 51.4 Å². The highest BCUT2D eigenvalue weighted by molar-refractivity contribution is 7.80. The molecule has 2 aromatic heterocycles. The summed E-state index contributed by atoms with van der Waals surface area (Å²) in [6, 6.07) is 16.5. The third-order valence-electron chi connectivity index (χ3n) is 4.20. The van der Waals surface area contributed by atoms with Crippen LogP contribution >= 0.6 is 23.8 Å². The van der Waals surface area contributed by atoms with E-state index in [4.69, 9.17) is 28.2 Å². The number of amides is 1. The van der Waals surface area contributed by atoms with Crippen LogP contribution in [0.1, 0.15) is 10.4 Å². The van der Waals surface area contributed by atoms with E-state index in [0.29, 0.717) is 33.6 Å². The van der Waals surface area contributed by atoms with Gasteiger partial charge in [0.2, 0.25) is 0 Å². The van der Waals surface area contributed by atoms with E-state index in [-0.39, 0.29) is 10.1 Å². The zero-order valence-electron chi connectivity index (χ0n) is 15.3. The van der Waals surface area contributed by atoms with Gasteiger partial charge >= 0.3 is 0 Å². The number of hydrazine groups is 1. The SMILES string of the molecule is O=C(NNC(=S)Nc1ccc(F)c(Cl)c1)c1cc(-c2ccco2)nc2ccccc12. The Hall–Kier alpha value is -3.49. The van der Waals surface area contributed by atoms with E-state index in [2.05, 4.69) is 21.2 Å². The molecule has 0 aliphatic carbocycles. The van der Waals surface area contributed by atoms with Crippen molar-refractivity contribution in [3.05, 3.63) is 83.3 Å². The third kappa shape index (κ3) is 4.24. The van der Waals surface area contributed by atoms with Gasteiger partial charge in [0.15, 0.2) is 10.9 Å². The summed E-state index contributed by atoms with van der Waals surface area (Å²) >= 11 is 10.9. The third-order valence-corrected chi connectivity index (χ3v) is 4.70. The molecule has 0 aliphatic rings. The van der Waals surface area contributed by atoms with Crippen LogP contribution in [-0.4, -0.2) is 16.0 Å². The molecule has 1 amide bonds. The maximum atomic E-state index is 13.3. The molecule has 0 fully saturated rings. The van der Waals surface area contributed by atoms with E-state index in [1.54, 1.807) is 30.5 Å². The highest BCUT2D eigenvalue weighted by atomic mass is 35.5. The molecular weight excluding hydrogens is 427 g/mol. The number of pyridine rings is 1. The van der Waals surface area contributed by atoms with Crippen molar-refractivity contribution in [1.82, 2.24) is 15.8 Å². The molecule has 9 heteroatoms. The van der Waals surface area contributed by atoms with E-state index >= 15 is 0 Å². The Balaban J connectivity index is 1.52. The maximum Gasteiger partial charge on any atom is 0.270 e. The van der Waals surface area contributed by atoms with Gasteiger partial charge in [0.1, 0.15) is 11.5 Å². The predicted molar refractivity (Wildman–Crippen MR) is 118 cm³/mol. The number of para-hydroxylation sites is 1. The fourth-order valence-electron chi connectivity index (χ4n) is 2.83. The number of aromatic nitrogens is 1. The minimum Gasteiger partial charge on any atom is -0.463 e.